The number of aliphatic carboxylic acids is 1. The van der Waals surface area contributed by atoms with Gasteiger partial charge in [0, 0.05) is 6.54 Å². The molecule has 2 rings (SSSR count). The molecule has 86 valence electrons. The van der Waals surface area contributed by atoms with Gasteiger partial charge in [0.15, 0.2) is 0 Å². The van der Waals surface area contributed by atoms with E-state index in [-0.39, 0.29) is 17.6 Å². The van der Waals surface area contributed by atoms with Crippen LogP contribution in [0.1, 0.15) is 5.56 Å². The van der Waals surface area contributed by atoms with Crippen LogP contribution in [-0.4, -0.2) is 29.3 Å². The summed E-state index contributed by atoms with van der Waals surface area (Å²) < 4.78 is 0. The van der Waals surface area contributed by atoms with Gasteiger partial charge in [0.1, 0.15) is 5.75 Å². The fourth-order valence-corrected chi connectivity index (χ4v) is 2.17. The number of aromatic hydroxyl groups is 1. The van der Waals surface area contributed by atoms with Crippen LogP contribution in [0, 0.1) is 11.8 Å². The van der Waals surface area contributed by atoms with Crippen molar-refractivity contribution < 1.29 is 15.0 Å². The summed E-state index contributed by atoms with van der Waals surface area (Å²) in [6.07, 6.45) is 0.740. The van der Waals surface area contributed by atoms with Crippen LogP contribution in [0.25, 0.3) is 0 Å². The van der Waals surface area contributed by atoms with Crippen molar-refractivity contribution in [2.24, 2.45) is 11.8 Å². The van der Waals surface area contributed by atoms with E-state index in [1.807, 2.05) is 12.1 Å². The molecule has 16 heavy (non-hydrogen) atoms. The summed E-state index contributed by atoms with van der Waals surface area (Å²) in [6, 6.07) is 6.94. The highest BCUT2D eigenvalue weighted by Gasteiger charge is 2.32. The average molecular weight is 221 g/mol. The maximum Gasteiger partial charge on any atom is 0.308 e. The zero-order valence-electron chi connectivity index (χ0n) is 8.89. The van der Waals surface area contributed by atoms with Crippen molar-refractivity contribution in [3.05, 3.63) is 29.8 Å². The molecule has 0 spiro atoms. The number of nitrogens with one attached hydrogen (secondary N) is 1. The standard InChI is InChI=1S/C12H15NO3/c14-10-3-1-8(2-4-10)5-9-6-13-7-11(9)12(15)16/h1-4,9,11,13-14H,5-7H2,(H,15,16). The third-order valence-corrected chi connectivity index (χ3v) is 3.09. The summed E-state index contributed by atoms with van der Waals surface area (Å²) in [7, 11) is 0. The van der Waals surface area contributed by atoms with Gasteiger partial charge < -0.3 is 15.5 Å². The van der Waals surface area contributed by atoms with Crippen molar-refractivity contribution in [2.45, 2.75) is 6.42 Å². The minimum absolute atomic E-state index is 0.141. The summed E-state index contributed by atoms with van der Waals surface area (Å²) in [5.41, 5.74) is 1.07. The maximum absolute atomic E-state index is 11.0. The summed E-state index contributed by atoms with van der Waals surface area (Å²) in [4.78, 5) is 11.0. The Hall–Kier alpha value is -1.55. The van der Waals surface area contributed by atoms with Gasteiger partial charge in [-0.3, -0.25) is 4.79 Å². The first-order chi connectivity index (χ1) is 7.66. The molecule has 2 atom stereocenters. The number of carbonyl (C=O) groups is 1. The minimum atomic E-state index is -0.728. The molecule has 0 bridgehead atoms. The quantitative estimate of drug-likeness (QED) is 0.708. The molecule has 2 unspecified atom stereocenters. The van der Waals surface area contributed by atoms with E-state index in [0.717, 1.165) is 18.5 Å². The van der Waals surface area contributed by atoms with E-state index < -0.39 is 5.97 Å². The van der Waals surface area contributed by atoms with E-state index in [0.29, 0.717) is 6.54 Å². The third kappa shape index (κ3) is 2.33. The fraction of sp³-hybridized carbons (Fsp3) is 0.417. The first-order valence-corrected chi connectivity index (χ1v) is 5.38. The summed E-state index contributed by atoms with van der Waals surface area (Å²) in [5, 5.41) is 21.3. The predicted octanol–water partition coefficient (Wildman–Crippen LogP) is 0.855. The second kappa shape index (κ2) is 4.53. The van der Waals surface area contributed by atoms with Gasteiger partial charge in [-0.1, -0.05) is 12.1 Å². The molecular weight excluding hydrogens is 206 g/mol. The molecular formula is C12H15NO3. The Labute approximate surface area is 93.9 Å². The van der Waals surface area contributed by atoms with Gasteiger partial charge >= 0.3 is 5.97 Å². The first-order valence-electron chi connectivity index (χ1n) is 5.38. The molecule has 4 heteroatoms. The van der Waals surface area contributed by atoms with Crippen molar-refractivity contribution in [3.8, 4) is 5.75 Å². The van der Waals surface area contributed by atoms with E-state index in [2.05, 4.69) is 5.32 Å². The highest BCUT2D eigenvalue weighted by molar-refractivity contribution is 5.71. The zero-order valence-corrected chi connectivity index (χ0v) is 8.89. The van der Waals surface area contributed by atoms with Gasteiger partial charge in [-0.05, 0) is 36.6 Å². The largest absolute Gasteiger partial charge is 0.508 e. The Kier molecular flexibility index (Phi) is 3.10. The number of carboxylic acids is 1. The maximum atomic E-state index is 11.0. The van der Waals surface area contributed by atoms with Gasteiger partial charge in [-0.15, -0.1) is 0 Å². The van der Waals surface area contributed by atoms with Crippen molar-refractivity contribution in [2.75, 3.05) is 13.1 Å². The Morgan fingerprint density at radius 2 is 2.00 bits per heavy atom. The molecule has 0 saturated carbocycles. The lowest BCUT2D eigenvalue weighted by Crippen LogP contribution is -2.23. The Morgan fingerprint density at radius 3 is 2.62 bits per heavy atom. The van der Waals surface area contributed by atoms with Crippen LogP contribution in [0.2, 0.25) is 0 Å². The molecule has 0 radical (unpaired) electrons. The average Bonchev–Trinajstić information content (AvgIpc) is 2.69. The highest BCUT2D eigenvalue weighted by atomic mass is 16.4. The molecule has 1 aromatic carbocycles. The first kappa shape index (κ1) is 11.0. The molecule has 0 amide bonds. The minimum Gasteiger partial charge on any atom is -0.508 e. The van der Waals surface area contributed by atoms with Crippen LogP contribution >= 0.6 is 0 Å². The SMILES string of the molecule is O=C(O)C1CNCC1Cc1ccc(O)cc1. The monoisotopic (exact) mass is 221 g/mol. The molecule has 4 nitrogen and oxygen atoms in total. The van der Waals surface area contributed by atoms with Crippen LogP contribution in [0.15, 0.2) is 24.3 Å². The Morgan fingerprint density at radius 1 is 1.31 bits per heavy atom. The van der Waals surface area contributed by atoms with Crippen LogP contribution < -0.4 is 5.32 Å². The van der Waals surface area contributed by atoms with Crippen LogP contribution in [-0.2, 0) is 11.2 Å². The van der Waals surface area contributed by atoms with Gasteiger partial charge in [0.2, 0.25) is 0 Å². The molecule has 1 heterocycles. The van der Waals surface area contributed by atoms with Crippen molar-refractivity contribution in [1.82, 2.24) is 5.32 Å². The number of carboxylic acid groups (broad SMARTS) is 1. The Balaban J connectivity index is 2.03. The normalized spacial score (nSPS) is 24.5. The lowest BCUT2D eigenvalue weighted by atomic mass is 9.90. The molecule has 1 aliphatic rings. The number of hydrogen-bond acceptors (Lipinski definition) is 3. The molecule has 1 saturated heterocycles. The smallest absolute Gasteiger partial charge is 0.308 e. The van der Waals surface area contributed by atoms with Crippen LogP contribution in [0.4, 0.5) is 0 Å². The lowest BCUT2D eigenvalue weighted by molar-refractivity contribution is -0.142. The van der Waals surface area contributed by atoms with E-state index in [1.165, 1.54) is 0 Å². The Bertz CT molecular complexity index is 374. The lowest BCUT2D eigenvalue weighted by Gasteiger charge is -2.14. The summed E-state index contributed by atoms with van der Waals surface area (Å²) in [6.45, 7) is 1.30. The molecule has 3 N–H and O–H groups in total. The second-order valence-electron chi connectivity index (χ2n) is 4.23. The number of rotatable bonds is 3. The van der Waals surface area contributed by atoms with E-state index in [1.54, 1.807) is 12.1 Å². The highest BCUT2D eigenvalue weighted by Crippen LogP contribution is 2.22. The number of phenolic OH excluding ortho intramolecular Hbond substituents is 1. The van der Waals surface area contributed by atoms with E-state index in [4.69, 9.17) is 10.2 Å². The van der Waals surface area contributed by atoms with Crippen LogP contribution in [0.3, 0.4) is 0 Å². The zero-order chi connectivity index (χ0) is 11.5. The summed E-state index contributed by atoms with van der Waals surface area (Å²) >= 11 is 0. The predicted molar refractivity (Wildman–Crippen MR) is 59.3 cm³/mol. The number of hydrogen-bond donors (Lipinski definition) is 3. The number of phenols is 1. The van der Waals surface area contributed by atoms with Gasteiger partial charge in [0.05, 0.1) is 5.92 Å². The van der Waals surface area contributed by atoms with Gasteiger partial charge in [0.25, 0.3) is 0 Å². The second-order valence-corrected chi connectivity index (χ2v) is 4.23. The van der Waals surface area contributed by atoms with Crippen molar-refractivity contribution in [3.63, 3.8) is 0 Å². The third-order valence-electron chi connectivity index (χ3n) is 3.09. The van der Waals surface area contributed by atoms with E-state index in [9.17, 15) is 4.79 Å². The fourth-order valence-electron chi connectivity index (χ4n) is 2.17. The molecule has 0 aliphatic carbocycles. The molecule has 1 aromatic rings. The van der Waals surface area contributed by atoms with Crippen molar-refractivity contribution in [1.29, 1.82) is 0 Å². The van der Waals surface area contributed by atoms with Gasteiger partial charge in [-0.25, -0.2) is 0 Å². The summed E-state index contributed by atoms with van der Waals surface area (Å²) in [5.74, 6) is -0.646. The topological polar surface area (TPSA) is 69.6 Å². The molecule has 1 fully saturated rings. The van der Waals surface area contributed by atoms with Crippen LogP contribution in [0.5, 0.6) is 5.75 Å². The van der Waals surface area contributed by atoms with Gasteiger partial charge in [-0.2, -0.15) is 0 Å². The number of benzene rings is 1. The van der Waals surface area contributed by atoms with Crippen molar-refractivity contribution >= 4 is 5.97 Å². The molecule has 1 aliphatic heterocycles. The van der Waals surface area contributed by atoms with E-state index >= 15 is 0 Å². The molecule has 0 aromatic heterocycles.